The summed E-state index contributed by atoms with van der Waals surface area (Å²) in [6.45, 7) is 2.08. The maximum Gasteiger partial charge on any atom is 0.416 e. The second kappa shape index (κ2) is 5.36. The monoisotopic (exact) mass is 300 g/mol. The highest BCUT2D eigenvalue weighted by Crippen LogP contribution is 2.33. The standard InChI is InChI=1S/C14H19F3N4/c15-14(16,17)9-7-12(18)20-13(8-9)19-10-4-6-21-5-2-1-3-11(10)21/h7-8,10-11H,1-6H2,(H3,18,19,20). The number of nitrogen functional groups attached to an aromatic ring is 1. The van der Waals surface area contributed by atoms with Crippen LogP contribution in [0, 0.1) is 0 Å². The maximum atomic E-state index is 12.8. The Hall–Kier alpha value is -1.50. The van der Waals surface area contributed by atoms with E-state index >= 15 is 0 Å². The summed E-state index contributed by atoms with van der Waals surface area (Å²) in [5.41, 5.74) is 4.75. The van der Waals surface area contributed by atoms with Crippen LogP contribution in [0.2, 0.25) is 0 Å². The molecular formula is C14H19F3N4. The Labute approximate surface area is 121 Å². The van der Waals surface area contributed by atoms with Crippen LogP contribution in [0.25, 0.3) is 0 Å². The Kier molecular flexibility index (Phi) is 3.69. The molecule has 7 heteroatoms. The van der Waals surface area contributed by atoms with Gasteiger partial charge in [-0.25, -0.2) is 4.98 Å². The molecule has 0 radical (unpaired) electrons. The molecule has 3 rings (SSSR count). The summed E-state index contributed by atoms with van der Waals surface area (Å²) >= 11 is 0. The molecule has 0 bridgehead atoms. The van der Waals surface area contributed by atoms with Gasteiger partial charge in [0.15, 0.2) is 0 Å². The Bertz CT molecular complexity index is 517. The molecule has 0 aliphatic carbocycles. The summed E-state index contributed by atoms with van der Waals surface area (Å²) in [6, 6.07) is 2.46. The van der Waals surface area contributed by atoms with Crippen molar-refractivity contribution >= 4 is 11.6 Å². The van der Waals surface area contributed by atoms with Gasteiger partial charge >= 0.3 is 6.18 Å². The molecule has 3 N–H and O–H groups in total. The Morgan fingerprint density at radius 1 is 1.19 bits per heavy atom. The fourth-order valence-electron chi connectivity index (χ4n) is 3.40. The Balaban J connectivity index is 1.77. The third-order valence-electron chi connectivity index (χ3n) is 4.36. The molecule has 1 aromatic heterocycles. The minimum Gasteiger partial charge on any atom is -0.384 e. The SMILES string of the molecule is Nc1cc(C(F)(F)F)cc(NC2CCN3CCCCC23)n1. The molecule has 2 saturated heterocycles. The topological polar surface area (TPSA) is 54.2 Å². The van der Waals surface area contributed by atoms with Crippen molar-refractivity contribution in [3.05, 3.63) is 17.7 Å². The van der Waals surface area contributed by atoms with Crippen molar-refractivity contribution < 1.29 is 13.2 Å². The minimum absolute atomic E-state index is 0.106. The number of pyridine rings is 1. The van der Waals surface area contributed by atoms with E-state index < -0.39 is 11.7 Å². The van der Waals surface area contributed by atoms with E-state index in [1.165, 1.54) is 12.8 Å². The number of nitrogens with zero attached hydrogens (tertiary/aromatic N) is 2. The van der Waals surface area contributed by atoms with Gasteiger partial charge in [-0.15, -0.1) is 0 Å². The molecule has 2 fully saturated rings. The number of alkyl halides is 3. The summed E-state index contributed by atoms with van der Waals surface area (Å²) in [4.78, 5) is 6.41. The molecule has 0 spiro atoms. The van der Waals surface area contributed by atoms with Crippen LogP contribution in [0.4, 0.5) is 24.8 Å². The number of hydrogen-bond acceptors (Lipinski definition) is 4. The van der Waals surface area contributed by atoms with E-state index in [0.29, 0.717) is 6.04 Å². The van der Waals surface area contributed by atoms with E-state index in [9.17, 15) is 13.2 Å². The molecule has 2 aliphatic heterocycles. The van der Waals surface area contributed by atoms with Gasteiger partial charge in [0, 0.05) is 18.6 Å². The average Bonchev–Trinajstić information content (AvgIpc) is 2.81. The van der Waals surface area contributed by atoms with Crippen LogP contribution < -0.4 is 11.1 Å². The van der Waals surface area contributed by atoms with E-state index in [-0.39, 0.29) is 17.7 Å². The van der Waals surface area contributed by atoms with Gasteiger partial charge in [-0.3, -0.25) is 4.90 Å². The van der Waals surface area contributed by atoms with Crippen LogP contribution in [-0.2, 0) is 6.18 Å². The first-order valence-corrected chi connectivity index (χ1v) is 7.29. The van der Waals surface area contributed by atoms with Gasteiger partial charge in [-0.2, -0.15) is 13.2 Å². The summed E-state index contributed by atoms with van der Waals surface area (Å²) in [5.74, 6) is 0.116. The lowest BCUT2D eigenvalue weighted by molar-refractivity contribution is -0.137. The molecule has 0 amide bonds. The third-order valence-corrected chi connectivity index (χ3v) is 4.36. The zero-order chi connectivity index (χ0) is 15.0. The van der Waals surface area contributed by atoms with Crippen LogP contribution >= 0.6 is 0 Å². The fourth-order valence-corrected chi connectivity index (χ4v) is 3.40. The zero-order valence-electron chi connectivity index (χ0n) is 11.7. The molecule has 0 aromatic carbocycles. The average molecular weight is 300 g/mol. The van der Waals surface area contributed by atoms with E-state index in [0.717, 1.165) is 38.1 Å². The molecule has 21 heavy (non-hydrogen) atoms. The number of halogens is 3. The van der Waals surface area contributed by atoms with Gasteiger partial charge in [0.2, 0.25) is 0 Å². The first-order valence-electron chi connectivity index (χ1n) is 7.29. The Morgan fingerprint density at radius 2 is 2.00 bits per heavy atom. The molecule has 3 heterocycles. The van der Waals surface area contributed by atoms with E-state index in [1.807, 2.05) is 0 Å². The number of piperidine rings is 1. The van der Waals surface area contributed by atoms with E-state index in [4.69, 9.17) is 5.73 Å². The second-order valence-corrected chi connectivity index (χ2v) is 5.80. The number of fused-ring (bicyclic) bond motifs is 1. The van der Waals surface area contributed by atoms with Gasteiger partial charge in [0.25, 0.3) is 0 Å². The fraction of sp³-hybridized carbons (Fsp3) is 0.643. The number of rotatable bonds is 2. The maximum absolute atomic E-state index is 12.8. The predicted octanol–water partition coefficient (Wildman–Crippen LogP) is 2.72. The molecule has 0 saturated carbocycles. The lowest BCUT2D eigenvalue weighted by Crippen LogP contribution is -2.41. The molecule has 4 nitrogen and oxygen atoms in total. The molecule has 1 aromatic rings. The summed E-state index contributed by atoms with van der Waals surface area (Å²) in [6.07, 6.45) is 0.00410. The molecule has 2 unspecified atom stereocenters. The van der Waals surface area contributed by atoms with Crippen molar-refractivity contribution in [3.63, 3.8) is 0 Å². The highest BCUT2D eigenvalue weighted by atomic mass is 19.4. The van der Waals surface area contributed by atoms with Gasteiger partial charge in [-0.05, 0) is 37.9 Å². The van der Waals surface area contributed by atoms with E-state index in [2.05, 4.69) is 15.2 Å². The first-order chi connectivity index (χ1) is 9.93. The van der Waals surface area contributed by atoms with Crippen molar-refractivity contribution in [2.24, 2.45) is 0 Å². The largest absolute Gasteiger partial charge is 0.416 e. The lowest BCUT2D eigenvalue weighted by atomic mass is 9.99. The zero-order valence-corrected chi connectivity index (χ0v) is 11.7. The number of nitrogens with one attached hydrogen (secondary N) is 1. The number of hydrogen-bond donors (Lipinski definition) is 2. The van der Waals surface area contributed by atoms with Gasteiger partial charge < -0.3 is 11.1 Å². The smallest absolute Gasteiger partial charge is 0.384 e. The predicted molar refractivity (Wildman–Crippen MR) is 74.9 cm³/mol. The number of aromatic nitrogens is 1. The lowest BCUT2D eigenvalue weighted by Gasteiger charge is -2.32. The van der Waals surface area contributed by atoms with Crippen LogP contribution in [0.1, 0.15) is 31.2 Å². The summed E-state index contributed by atoms with van der Waals surface area (Å²) < 4.78 is 38.4. The van der Waals surface area contributed by atoms with E-state index in [1.54, 1.807) is 0 Å². The number of nitrogens with two attached hydrogens (primary N) is 1. The van der Waals surface area contributed by atoms with Gasteiger partial charge in [-0.1, -0.05) is 6.42 Å². The van der Waals surface area contributed by atoms with Crippen molar-refractivity contribution in [1.29, 1.82) is 0 Å². The summed E-state index contributed by atoms with van der Waals surface area (Å²) in [5, 5.41) is 3.16. The van der Waals surface area contributed by atoms with Crippen LogP contribution in [0.5, 0.6) is 0 Å². The van der Waals surface area contributed by atoms with Crippen LogP contribution in [0.15, 0.2) is 12.1 Å². The van der Waals surface area contributed by atoms with Gasteiger partial charge in [0.05, 0.1) is 5.56 Å². The Morgan fingerprint density at radius 3 is 2.76 bits per heavy atom. The second-order valence-electron chi connectivity index (χ2n) is 5.80. The molecular weight excluding hydrogens is 281 g/mol. The quantitative estimate of drug-likeness (QED) is 0.882. The van der Waals surface area contributed by atoms with Gasteiger partial charge in [0.1, 0.15) is 11.6 Å². The van der Waals surface area contributed by atoms with Crippen molar-refractivity contribution in [2.75, 3.05) is 24.1 Å². The van der Waals surface area contributed by atoms with Crippen molar-refractivity contribution in [1.82, 2.24) is 9.88 Å². The highest BCUT2D eigenvalue weighted by molar-refractivity contribution is 5.48. The van der Waals surface area contributed by atoms with Crippen molar-refractivity contribution in [2.45, 2.75) is 43.9 Å². The molecule has 2 atom stereocenters. The molecule has 2 aliphatic rings. The first kappa shape index (κ1) is 14.4. The molecule has 116 valence electrons. The third kappa shape index (κ3) is 3.07. The normalized spacial score (nSPS) is 26.6. The van der Waals surface area contributed by atoms with Crippen LogP contribution in [-0.4, -0.2) is 35.1 Å². The summed E-state index contributed by atoms with van der Waals surface area (Å²) in [7, 11) is 0. The minimum atomic E-state index is -4.40. The highest BCUT2D eigenvalue weighted by Gasteiger charge is 2.36. The van der Waals surface area contributed by atoms with Crippen LogP contribution in [0.3, 0.4) is 0 Å². The number of anilines is 2. The van der Waals surface area contributed by atoms with Crippen molar-refractivity contribution in [3.8, 4) is 0 Å².